The summed E-state index contributed by atoms with van der Waals surface area (Å²) in [6, 6.07) is 0. The summed E-state index contributed by atoms with van der Waals surface area (Å²) in [5.74, 6) is 3.55. The second-order valence-corrected chi connectivity index (χ2v) is 6.39. The summed E-state index contributed by atoms with van der Waals surface area (Å²) >= 11 is 0. The monoisotopic (exact) mass is 206 g/mol. The SMILES string of the molecule is C=C1CCCCC12C(C(C)C)C2C(C)C. The molecular weight excluding hydrogens is 180 g/mol. The van der Waals surface area contributed by atoms with Gasteiger partial charge in [-0.05, 0) is 48.3 Å². The maximum absolute atomic E-state index is 4.39. The molecule has 0 aromatic rings. The van der Waals surface area contributed by atoms with Gasteiger partial charge in [0.05, 0.1) is 0 Å². The molecule has 0 heteroatoms. The molecule has 0 aliphatic heterocycles. The Hall–Kier alpha value is -0.260. The van der Waals surface area contributed by atoms with Gasteiger partial charge in [0.1, 0.15) is 0 Å². The van der Waals surface area contributed by atoms with E-state index in [1.165, 1.54) is 25.7 Å². The molecule has 0 aromatic heterocycles. The van der Waals surface area contributed by atoms with Crippen molar-refractivity contribution in [1.82, 2.24) is 0 Å². The van der Waals surface area contributed by atoms with E-state index in [1.54, 1.807) is 5.57 Å². The van der Waals surface area contributed by atoms with Crippen molar-refractivity contribution in [2.75, 3.05) is 0 Å². The van der Waals surface area contributed by atoms with Crippen LogP contribution in [0.15, 0.2) is 12.2 Å². The van der Waals surface area contributed by atoms with E-state index in [-0.39, 0.29) is 0 Å². The first-order chi connectivity index (χ1) is 7.01. The van der Waals surface area contributed by atoms with Crippen molar-refractivity contribution in [3.05, 3.63) is 12.2 Å². The second-order valence-electron chi connectivity index (χ2n) is 6.39. The minimum Gasteiger partial charge on any atom is -0.0993 e. The molecule has 2 rings (SSSR count). The fraction of sp³-hybridized carbons (Fsp3) is 0.867. The standard InChI is InChI=1S/C15H26/c1-10(2)13-14(11(3)4)15(13)9-7-6-8-12(15)5/h10-11,13-14H,5-9H2,1-4H3. The molecule has 0 amide bonds. The first kappa shape index (κ1) is 11.2. The normalized spacial score (nSPS) is 40.5. The lowest BCUT2D eigenvalue weighted by atomic mass is 9.77. The van der Waals surface area contributed by atoms with Gasteiger partial charge in [-0.1, -0.05) is 46.3 Å². The van der Waals surface area contributed by atoms with Crippen LogP contribution in [0.4, 0.5) is 0 Å². The smallest absolute Gasteiger partial charge is 0.00233 e. The molecule has 0 heterocycles. The number of hydrogen-bond donors (Lipinski definition) is 0. The molecule has 0 bridgehead atoms. The number of rotatable bonds is 2. The van der Waals surface area contributed by atoms with E-state index in [1.807, 2.05) is 0 Å². The van der Waals surface area contributed by atoms with E-state index < -0.39 is 0 Å². The topological polar surface area (TPSA) is 0 Å². The fourth-order valence-corrected chi connectivity index (χ4v) is 4.49. The van der Waals surface area contributed by atoms with Crippen molar-refractivity contribution in [2.45, 2.75) is 53.4 Å². The van der Waals surface area contributed by atoms with Crippen LogP contribution in [0.1, 0.15) is 53.4 Å². The van der Waals surface area contributed by atoms with Gasteiger partial charge in [0.15, 0.2) is 0 Å². The Morgan fingerprint density at radius 1 is 1.07 bits per heavy atom. The Morgan fingerprint density at radius 2 is 1.60 bits per heavy atom. The first-order valence-corrected chi connectivity index (χ1v) is 6.70. The zero-order valence-electron chi connectivity index (χ0n) is 10.8. The van der Waals surface area contributed by atoms with Crippen LogP contribution < -0.4 is 0 Å². The van der Waals surface area contributed by atoms with Gasteiger partial charge in [0.25, 0.3) is 0 Å². The summed E-state index contributed by atoms with van der Waals surface area (Å²) in [6.07, 6.45) is 5.55. The van der Waals surface area contributed by atoms with Crippen LogP contribution >= 0.6 is 0 Å². The molecular formula is C15H26. The van der Waals surface area contributed by atoms with Gasteiger partial charge in [-0.2, -0.15) is 0 Å². The molecule has 2 saturated carbocycles. The molecule has 86 valence electrons. The van der Waals surface area contributed by atoms with Crippen LogP contribution in [-0.4, -0.2) is 0 Å². The van der Waals surface area contributed by atoms with Crippen molar-refractivity contribution in [2.24, 2.45) is 29.1 Å². The van der Waals surface area contributed by atoms with Crippen LogP contribution in [-0.2, 0) is 0 Å². The zero-order valence-corrected chi connectivity index (χ0v) is 10.8. The Balaban J connectivity index is 2.23. The summed E-state index contributed by atoms with van der Waals surface area (Å²) in [5.41, 5.74) is 2.16. The molecule has 2 unspecified atom stereocenters. The van der Waals surface area contributed by atoms with E-state index in [0.717, 1.165) is 23.7 Å². The molecule has 0 radical (unpaired) electrons. The minimum atomic E-state index is 0.570. The van der Waals surface area contributed by atoms with E-state index in [4.69, 9.17) is 0 Å². The third-order valence-electron chi connectivity index (χ3n) is 4.88. The lowest BCUT2D eigenvalue weighted by Crippen LogP contribution is -2.16. The summed E-state index contributed by atoms with van der Waals surface area (Å²) in [6.45, 7) is 14.0. The molecule has 2 aliphatic rings. The maximum Gasteiger partial charge on any atom is -0.00233 e. The van der Waals surface area contributed by atoms with E-state index in [2.05, 4.69) is 34.3 Å². The largest absolute Gasteiger partial charge is 0.0993 e. The van der Waals surface area contributed by atoms with Gasteiger partial charge < -0.3 is 0 Å². The van der Waals surface area contributed by atoms with Crippen molar-refractivity contribution >= 4 is 0 Å². The zero-order chi connectivity index (χ0) is 11.2. The van der Waals surface area contributed by atoms with Gasteiger partial charge in [0.2, 0.25) is 0 Å². The Kier molecular flexibility index (Phi) is 2.73. The molecule has 2 aliphatic carbocycles. The predicted octanol–water partition coefficient (Wildman–Crippen LogP) is 4.66. The van der Waals surface area contributed by atoms with Crippen LogP contribution in [0.5, 0.6) is 0 Å². The molecule has 1 spiro atoms. The highest BCUT2D eigenvalue weighted by Gasteiger charge is 2.66. The summed E-state index contributed by atoms with van der Waals surface area (Å²) in [4.78, 5) is 0. The Labute approximate surface area is 95.1 Å². The van der Waals surface area contributed by atoms with Gasteiger partial charge in [-0.3, -0.25) is 0 Å². The van der Waals surface area contributed by atoms with Crippen LogP contribution in [0.3, 0.4) is 0 Å². The number of allylic oxidation sites excluding steroid dienone is 1. The number of hydrogen-bond acceptors (Lipinski definition) is 0. The predicted molar refractivity (Wildman–Crippen MR) is 66.7 cm³/mol. The third kappa shape index (κ3) is 1.48. The molecule has 0 nitrogen and oxygen atoms in total. The van der Waals surface area contributed by atoms with Gasteiger partial charge in [0, 0.05) is 0 Å². The molecule has 15 heavy (non-hydrogen) atoms. The maximum atomic E-state index is 4.39. The van der Waals surface area contributed by atoms with Gasteiger partial charge >= 0.3 is 0 Å². The minimum absolute atomic E-state index is 0.570. The molecule has 0 saturated heterocycles. The molecule has 0 aromatic carbocycles. The van der Waals surface area contributed by atoms with Crippen molar-refractivity contribution in [3.63, 3.8) is 0 Å². The lowest BCUT2D eigenvalue weighted by molar-refractivity contribution is 0.347. The third-order valence-corrected chi connectivity index (χ3v) is 4.88. The first-order valence-electron chi connectivity index (χ1n) is 6.70. The highest BCUT2D eigenvalue weighted by atomic mass is 14.7. The summed E-state index contributed by atoms with van der Waals surface area (Å²) in [5, 5.41) is 0. The lowest BCUT2D eigenvalue weighted by Gasteiger charge is -2.28. The van der Waals surface area contributed by atoms with Crippen molar-refractivity contribution < 1.29 is 0 Å². The Bertz CT molecular complexity index is 245. The van der Waals surface area contributed by atoms with Gasteiger partial charge in [-0.25, -0.2) is 0 Å². The van der Waals surface area contributed by atoms with Gasteiger partial charge in [-0.15, -0.1) is 0 Å². The van der Waals surface area contributed by atoms with E-state index >= 15 is 0 Å². The van der Waals surface area contributed by atoms with Crippen LogP contribution in [0.25, 0.3) is 0 Å². The molecule has 2 atom stereocenters. The van der Waals surface area contributed by atoms with Crippen LogP contribution in [0.2, 0.25) is 0 Å². The van der Waals surface area contributed by atoms with E-state index in [9.17, 15) is 0 Å². The Morgan fingerprint density at radius 3 is 2.00 bits per heavy atom. The summed E-state index contributed by atoms with van der Waals surface area (Å²) < 4.78 is 0. The van der Waals surface area contributed by atoms with Crippen molar-refractivity contribution in [1.29, 1.82) is 0 Å². The average molecular weight is 206 g/mol. The average Bonchev–Trinajstić information content (AvgIpc) is 2.81. The van der Waals surface area contributed by atoms with E-state index in [0.29, 0.717) is 5.41 Å². The van der Waals surface area contributed by atoms with Crippen LogP contribution in [0, 0.1) is 29.1 Å². The quantitative estimate of drug-likeness (QED) is 0.576. The highest BCUT2D eigenvalue weighted by molar-refractivity contribution is 5.29. The van der Waals surface area contributed by atoms with Crippen molar-refractivity contribution in [3.8, 4) is 0 Å². The second kappa shape index (κ2) is 3.64. The summed E-state index contributed by atoms with van der Waals surface area (Å²) in [7, 11) is 0. The fourth-order valence-electron chi connectivity index (χ4n) is 4.49. The highest BCUT2D eigenvalue weighted by Crippen LogP contribution is 2.72. The molecule has 0 N–H and O–H groups in total. The molecule has 2 fully saturated rings.